The van der Waals surface area contributed by atoms with Gasteiger partial charge in [-0.05, 0) is 31.9 Å². The summed E-state index contributed by atoms with van der Waals surface area (Å²) in [7, 11) is 0. The Morgan fingerprint density at radius 1 is 1.17 bits per heavy atom. The van der Waals surface area contributed by atoms with Crippen LogP contribution >= 0.6 is 0 Å². The fourth-order valence-electron chi connectivity index (χ4n) is 4.34. The molecule has 158 valence electrons. The number of ether oxygens (including phenoxy) is 2. The van der Waals surface area contributed by atoms with E-state index in [0.717, 1.165) is 17.0 Å². The molecule has 3 aromatic rings. The van der Waals surface area contributed by atoms with Crippen molar-refractivity contribution in [2.24, 2.45) is 0 Å². The standard InChI is InChI=1S/C20H25N7O3/c1-13-16(14(2)27-20(24-13)21-12-23-27)4-5-19(28)25-8-17-18(9-25)30-11-15(10-29-17)26-7-3-6-22-26/h3,6-7,12,15,17-18H,4-5,8-11H2,1-2H3/t17-,18-/m0/s1. The van der Waals surface area contributed by atoms with E-state index in [9.17, 15) is 4.79 Å². The minimum absolute atomic E-state index is 0.0694. The minimum atomic E-state index is -0.0915. The Morgan fingerprint density at radius 2 is 1.93 bits per heavy atom. The molecule has 0 bridgehead atoms. The lowest BCUT2D eigenvalue weighted by atomic mass is 10.1. The van der Waals surface area contributed by atoms with Gasteiger partial charge in [0.15, 0.2) is 0 Å². The van der Waals surface area contributed by atoms with Gasteiger partial charge in [0.25, 0.3) is 5.78 Å². The van der Waals surface area contributed by atoms with Gasteiger partial charge in [0.2, 0.25) is 5.91 Å². The Balaban J connectivity index is 1.20. The van der Waals surface area contributed by atoms with Gasteiger partial charge in [0.05, 0.1) is 19.3 Å². The number of rotatable bonds is 4. The van der Waals surface area contributed by atoms with Crippen LogP contribution in [0.3, 0.4) is 0 Å². The van der Waals surface area contributed by atoms with Crippen LogP contribution in [-0.4, -0.2) is 78.7 Å². The highest BCUT2D eigenvalue weighted by molar-refractivity contribution is 5.77. The number of amides is 1. The Morgan fingerprint density at radius 3 is 2.63 bits per heavy atom. The van der Waals surface area contributed by atoms with Gasteiger partial charge < -0.3 is 14.4 Å². The molecule has 10 nitrogen and oxygen atoms in total. The fourth-order valence-corrected chi connectivity index (χ4v) is 4.34. The van der Waals surface area contributed by atoms with E-state index in [1.807, 2.05) is 35.7 Å². The average molecular weight is 411 g/mol. The molecule has 0 aromatic carbocycles. The Labute approximate surface area is 173 Å². The highest BCUT2D eigenvalue weighted by atomic mass is 16.6. The molecule has 30 heavy (non-hydrogen) atoms. The summed E-state index contributed by atoms with van der Waals surface area (Å²) >= 11 is 0. The molecule has 0 aliphatic carbocycles. The van der Waals surface area contributed by atoms with Crippen LogP contribution in [0.15, 0.2) is 24.8 Å². The van der Waals surface area contributed by atoms with Gasteiger partial charge in [0, 0.05) is 43.3 Å². The van der Waals surface area contributed by atoms with Gasteiger partial charge in [-0.15, -0.1) is 0 Å². The molecule has 3 aromatic heterocycles. The second kappa shape index (κ2) is 7.77. The lowest BCUT2D eigenvalue weighted by molar-refractivity contribution is -0.131. The number of carbonyl (C=O) groups excluding carboxylic acids is 1. The molecule has 0 unspecified atom stereocenters. The molecular formula is C20H25N7O3. The van der Waals surface area contributed by atoms with Gasteiger partial charge in [-0.2, -0.15) is 15.2 Å². The third-order valence-electron chi connectivity index (χ3n) is 6.05. The SMILES string of the molecule is Cc1nc2ncnn2c(C)c1CCC(=O)N1C[C@@H]2OCC(n3cccn3)CO[C@H]2C1. The van der Waals surface area contributed by atoms with Gasteiger partial charge in [-0.3, -0.25) is 9.48 Å². The molecule has 0 N–H and O–H groups in total. The summed E-state index contributed by atoms with van der Waals surface area (Å²) in [6.45, 7) is 6.13. The van der Waals surface area contributed by atoms with E-state index in [0.29, 0.717) is 44.9 Å². The maximum atomic E-state index is 12.9. The second-order valence-electron chi connectivity index (χ2n) is 7.92. The highest BCUT2D eigenvalue weighted by Crippen LogP contribution is 2.24. The third-order valence-corrected chi connectivity index (χ3v) is 6.05. The largest absolute Gasteiger partial charge is 0.371 e. The minimum Gasteiger partial charge on any atom is -0.371 e. The predicted octanol–water partition coefficient (Wildman–Crippen LogP) is 0.738. The molecule has 10 heteroatoms. The summed E-state index contributed by atoms with van der Waals surface area (Å²) in [5.74, 6) is 0.693. The monoisotopic (exact) mass is 411 g/mol. The van der Waals surface area contributed by atoms with Gasteiger partial charge in [-0.25, -0.2) is 9.50 Å². The number of aryl methyl sites for hydroxylation is 2. The molecular weight excluding hydrogens is 386 g/mol. The van der Waals surface area contributed by atoms with E-state index in [1.54, 1.807) is 10.7 Å². The van der Waals surface area contributed by atoms with Crippen molar-refractivity contribution in [1.82, 2.24) is 34.3 Å². The van der Waals surface area contributed by atoms with Crippen molar-refractivity contribution >= 4 is 11.7 Å². The third kappa shape index (κ3) is 3.46. The summed E-state index contributed by atoms with van der Waals surface area (Å²) < 4.78 is 15.7. The van der Waals surface area contributed by atoms with Crippen LogP contribution in [0.5, 0.6) is 0 Å². The summed E-state index contributed by atoms with van der Waals surface area (Å²) in [6, 6.07) is 1.96. The van der Waals surface area contributed by atoms with E-state index in [4.69, 9.17) is 9.47 Å². The van der Waals surface area contributed by atoms with Gasteiger partial charge >= 0.3 is 0 Å². The first kappa shape index (κ1) is 19.1. The molecule has 2 fully saturated rings. The molecule has 2 aliphatic rings. The Kier molecular flexibility index (Phi) is 4.95. The van der Waals surface area contributed by atoms with E-state index in [1.165, 1.54) is 6.33 Å². The van der Waals surface area contributed by atoms with Crippen molar-refractivity contribution in [2.45, 2.75) is 44.9 Å². The number of hydrogen-bond donors (Lipinski definition) is 0. The molecule has 2 aliphatic heterocycles. The van der Waals surface area contributed by atoms with Crippen LogP contribution < -0.4 is 0 Å². The van der Waals surface area contributed by atoms with Crippen LogP contribution in [0.25, 0.3) is 5.78 Å². The average Bonchev–Trinajstić information content (AvgIpc) is 3.47. The number of carbonyl (C=O) groups is 1. The second-order valence-corrected chi connectivity index (χ2v) is 7.92. The molecule has 5 heterocycles. The fraction of sp³-hybridized carbons (Fsp3) is 0.550. The zero-order chi connectivity index (χ0) is 20.7. The first-order chi connectivity index (χ1) is 14.6. The van der Waals surface area contributed by atoms with E-state index < -0.39 is 0 Å². The molecule has 5 rings (SSSR count). The molecule has 0 radical (unpaired) electrons. The summed E-state index contributed by atoms with van der Waals surface area (Å²) in [6.07, 6.45) is 6.02. The first-order valence-electron chi connectivity index (χ1n) is 10.3. The summed E-state index contributed by atoms with van der Waals surface area (Å²) in [5, 5.41) is 8.49. The number of aromatic nitrogens is 6. The van der Waals surface area contributed by atoms with Crippen molar-refractivity contribution in [3.05, 3.63) is 41.7 Å². The zero-order valence-corrected chi connectivity index (χ0v) is 17.1. The smallest absolute Gasteiger partial charge is 0.252 e. The van der Waals surface area contributed by atoms with Crippen LogP contribution in [-0.2, 0) is 20.7 Å². The zero-order valence-electron chi connectivity index (χ0n) is 17.1. The normalized spacial score (nSPS) is 22.4. The number of nitrogens with zero attached hydrogens (tertiary/aromatic N) is 7. The van der Waals surface area contributed by atoms with Gasteiger partial charge in [0.1, 0.15) is 18.5 Å². The van der Waals surface area contributed by atoms with Crippen LogP contribution in [0.2, 0.25) is 0 Å². The van der Waals surface area contributed by atoms with Crippen molar-refractivity contribution in [2.75, 3.05) is 26.3 Å². The van der Waals surface area contributed by atoms with Crippen LogP contribution in [0, 0.1) is 13.8 Å². The number of fused-ring (bicyclic) bond motifs is 2. The summed E-state index contributed by atoms with van der Waals surface area (Å²) in [4.78, 5) is 23.4. The molecule has 0 saturated carbocycles. The number of hydrogen-bond acceptors (Lipinski definition) is 7. The molecule has 1 amide bonds. The summed E-state index contributed by atoms with van der Waals surface area (Å²) in [5.41, 5.74) is 2.92. The Bertz CT molecular complexity index is 1030. The van der Waals surface area contributed by atoms with Crippen molar-refractivity contribution in [1.29, 1.82) is 0 Å². The van der Waals surface area contributed by atoms with E-state index in [-0.39, 0.29) is 24.2 Å². The topological polar surface area (TPSA) is 99.7 Å². The lowest BCUT2D eigenvalue weighted by Crippen LogP contribution is -2.31. The maximum Gasteiger partial charge on any atom is 0.252 e. The molecule has 2 saturated heterocycles. The van der Waals surface area contributed by atoms with Crippen LogP contribution in [0.4, 0.5) is 0 Å². The maximum absolute atomic E-state index is 12.9. The highest BCUT2D eigenvalue weighted by Gasteiger charge is 2.39. The quantitative estimate of drug-likeness (QED) is 0.624. The van der Waals surface area contributed by atoms with E-state index in [2.05, 4.69) is 20.2 Å². The lowest BCUT2D eigenvalue weighted by Gasteiger charge is -2.19. The number of likely N-dealkylation sites (tertiary alicyclic amines) is 1. The predicted molar refractivity (Wildman–Crippen MR) is 106 cm³/mol. The molecule has 2 atom stereocenters. The molecule has 0 spiro atoms. The van der Waals surface area contributed by atoms with Gasteiger partial charge in [-0.1, -0.05) is 0 Å². The van der Waals surface area contributed by atoms with E-state index >= 15 is 0 Å². The first-order valence-corrected chi connectivity index (χ1v) is 10.3. The Hall–Kier alpha value is -2.85. The van der Waals surface area contributed by atoms with Crippen LogP contribution in [0.1, 0.15) is 29.4 Å². The van der Waals surface area contributed by atoms with Crippen molar-refractivity contribution < 1.29 is 14.3 Å². The van der Waals surface area contributed by atoms with Crippen molar-refractivity contribution in [3.63, 3.8) is 0 Å². The van der Waals surface area contributed by atoms with Crippen molar-refractivity contribution in [3.8, 4) is 0 Å².